The molecule has 146 valence electrons. The molecule has 1 heterocycles. The lowest BCUT2D eigenvalue weighted by Crippen LogP contribution is -2.49. The molecule has 1 aliphatic heterocycles. The average molecular weight is 490 g/mol. The summed E-state index contributed by atoms with van der Waals surface area (Å²) in [5, 5.41) is 6.83. The Balaban J connectivity index is 0.00000243. The second-order valence-electron chi connectivity index (χ2n) is 6.96. The van der Waals surface area contributed by atoms with E-state index in [1.807, 2.05) is 30.3 Å². The van der Waals surface area contributed by atoms with Gasteiger partial charge in [-0.2, -0.15) is 0 Å². The lowest BCUT2D eigenvalue weighted by atomic mass is 10.1. The van der Waals surface area contributed by atoms with Crippen molar-refractivity contribution in [1.82, 2.24) is 15.5 Å². The first kappa shape index (κ1) is 21.6. The average Bonchev–Trinajstić information content (AvgIpc) is 3.47. The molecule has 0 bridgehead atoms. The van der Waals surface area contributed by atoms with Crippen LogP contribution in [0.15, 0.2) is 35.3 Å². The van der Waals surface area contributed by atoms with Crippen LogP contribution >= 0.6 is 24.0 Å². The van der Waals surface area contributed by atoms with Crippen molar-refractivity contribution >= 4 is 40.7 Å². The van der Waals surface area contributed by atoms with Crippen LogP contribution in [0.2, 0.25) is 0 Å². The molecule has 7 heteroatoms. The molecule has 1 saturated heterocycles. The Kier molecular flexibility index (Phi) is 9.35. The molecule has 1 aliphatic carbocycles. The summed E-state index contributed by atoms with van der Waals surface area (Å²) in [6.07, 6.45) is 5.14. The molecular weight excluding hydrogens is 459 g/mol. The Morgan fingerprint density at radius 1 is 1.19 bits per heavy atom. The van der Waals surface area contributed by atoms with Crippen LogP contribution in [0.4, 0.5) is 0 Å². The highest BCUT2D eigenvalue weighted by atomic mass is 127. The number of hydrogen-bond donors (Lipinski definition) is 2. The number of likely N-dealkylation sites (tertiary alicyclic amines) is 1. The van der Waals surface area contributed by atoms with Gasteiger partial charge in [0, 0.05) is 61.1 Å². The Morgan fingerprint density at radius 2 is 1.88 bits per heavy atom. The maximum absolute atomic E-state index is 12.2. The van der Waals surface area contributed by atoms with E-state index in [2.05, 4.69) is 20.5 Å². The van der Waals surface area contributed by atoms with Gasteiger partial charge in [0.2, 0.25) is 0 Å². The van der Waals surface area contributed by atoms with Gasteiger partial charge in [-0.25, -0.2) is 0 Å². The first-order valence-electron chi connectivity index (χ1n) is 9.34. The summed E-state index contributed by atoms with van der Waals surface area (Å²) in [6.45, 7) is 3.07. The van der Waals surface area contributed by atoms with Crippen molar-refractivity contribution in [2.75, 3.05) is 32.4 Å². The first-order valence-corrected chi connectivity index (χ1v) is 10.8. The number of nitrogens with zero attached hydrogens (tertiary/aromatic N) is 2. The minimum Gasteiger partial charge on any atom is -0.355 e. The van der Waals surface area contributed by atoms with E-state index in [1.54, 1.807) is 7.05 Å². The minimum absolute atomic E-state index is 0. The van der Waals surface area contributed by atoms with Gasteiger partial charge in [-0.1, -0.05) is 30.3 Å². The van der Waals surface area contributed by atoms with Gasteiger partial charge in [0.15, 0.2) is 5.96 Å². The molecule has 2 fully saturated rings. The summed E-state index contributed by atoms with van der Waals surface area (Å²) in [5.41, 5.74) is 1.13. The second-order valence-corrected chi connectivity index (χ2v) is 8.54. The smallest absolute Gasteiger partial charge is 0.191 e. The zero-order valence-electron chi connectivity index (χ0n) is 15.5. The lowest BCUT2D eigenvalue weighted by Gasteiger charge is -2.33. The highest BCUT2D eigenvalue weighted by Gasteiger charge is 2.31. The maximum atomic E-state index is 12.2. The van der Waals surface area contributed by atoms with Gasteiger partial charge in [0.05, 0.1) is 0 Å². The van der Waals surface area contributed by atoms with E-state index in [1.165, 1.54) is 38.8 Å². The number of piperidine rings is 1. The standard InChI is InChI=1S/C19H30N4OS.HI/c1-20-19(22-17-9-12-23(13-10-17)18-7-8-18)21-11-14-25(24)15-16-5-3-2-4-6-16;/h2-6,17-18H,7-15H2,1H3,(H2,20,21,22);1H. The van der Waals surface area contributed by atoms with E-state index < -0.39 is 10.8 Å². The lowest BCUT2D eigenvalue weighted by molar-refractivity contribution is 0.197. The maximum Gasteiger partial charge on any atom is 0.191 e. The van der Waals surface area contributed by atoms with Gasteiger partial charge >= 0.3 is 0 Å². The van der Waals surface area contributed by atoms with Crippen molar-refractivity contribution in [2.24, 2.45) is 4.99 Å². The molecule has 0 radical (unpaired) electrons. The molecule has 0 amide bonds. The third kappa shape index (κ3) is 7.15. The number of rotatable bonds is 7. The number of aliphatic imine (C=N–C) groups is 1. The molecule has 1 aromatic carbocycles. The van der Waals surface area contributed by atoms with E-state index in [0.29, 0.717) is 24.1 Å². The van der Waals surface area contributed by atoms with E-state index in [4.69, 9.17) is 0 Å². The highest BCUT2D eigenvalue weighted by Crippen LogP contribution is 2.29. The van der Waals surface area contributed by atoms with Crippen LogP contribution in [0.25, 0.3) is 0 Å². The normalized spacial score (nSPS) is 20.3. The van der Waals surface area contributed by atoms with Crippen LogP contribution in [0.5, 0.6) is 0 Å². The number of guanidine groups is 1. The molecule has 2 aliphatic rings. The zero-order chi connectivity index (χ0) is 17.5. The fourth-order valence-corrected chi connectivity index (χ4v) is 4.39. The molecule has 1 unspecified atom stereocenters. The summed E-state index contributed by atoms with van der Waals surface area (Å²) in [5.74, 6) is 2.09. The van der Waals surface area contributed by atoms with Crippen molar-refractivity contribution < 1.29 is 4.21 Å². The molecule has 1 aromatic rings. The van der Waals surface area contributed by atoms with Crippen LogP contribution in [0.1, 0.15) is 31.2 Å². The predicted octanol–water partition coefficient (Wildman–Crippen LogP) is 2.35. The summed E-state index contributed by atoms with van der Waals surface area (Å²) in [7, 11) is 0.950. The fourth-order valence-electron chi connectivity index (χ4n) is 3.35. The summed E-state index contributed by atoms with van der Waals surface area (Å²) in [6, 6.07) is 11.4. The highest BCUT2D eigenvalue weighted by molar-refractivity contribution is 14.0. The van der Waals surface area contributed by atoms with E-state index in [0.717, 1.165) is 17.6 Å². The van der Waals surface area contributed by atoms with Crippen molar-refractivity contribution in [3.63, 3.8) is 0 Å². The topological polar surface area (TPSA) is 56.7 Å². The van der Waals surface area contributed by atoms with E-state index >= 15 is 0 Å². The Bertz CT molecular complexity index is 586. The summed E-state index contributed by atoms with van der Waals surface area (Å²) >= 11 is 0. The van der Waals surface area contributed by atoms with Crippen LogP contribution < -0.4 is 10.6 Å². The molecule has 1 saturated carbocycles. The Morgan fingerprint density at radius 3 is 2.50 bits per heavy atom. The van der Waals surface area contributed by atoms with Crippen LogP contribution in [-0.2, 0) is 16.6 Å². The Hall–Kier alpha value is -0.670. The zero-order valence-corrected chi connectivity index (χ0v) is 18.7. The van der Waals surface area contributed by atoms with Gasteiger partial charge in [0.1, 0.15) is 0 Å². The number of benzene rings is 1. The summed E-state index contributed by atoms with van der Waals surface area (Å²) < 4.78 is 12.2. The molecule has 0 aromatic heterocycles. The van der Waals surface area contributed by atoms with Gasteiger partial charge in [-0.15, -0.1) is 24.0 Å². The minimum atomic E-state index is -0.851. The predicted molar refractivity (Wildman–Crippen MR) is 121 cm³/mol. The van der Waals surface area contributed by atoms with Gasteiger partial charge in [0.25, 0.3) is 0 Å². The molecule has 2 N–H and O–H groups in total. The third-order valence-corrected chi connectivity index (χ3v) is 6.26. The third-order valence-electron chi connectivity index (χ3n) is 4.95. The van der Waals surface area contributed by atoms with Crippen molar-refractivity contribution in [3.8, 4) is 0 Å². The largest absolute Gasteiger partial charge is 0.355 e. The van der Waals surface area contributed by atoms with Crippen LogP contribution in [-0.4, -0.2) is 59.6 Å². The number of halogens is 1. The molecule has 1 atom stereocenters. The summed E-state index contributed by atoms with van der Waals surface area (Å²) in [4.78, 5) is 6.94. The SMILES string of the molecule is CN=C(NCCS(=O)Cc1ccccc1)NC1CCN(C2CC2)CC1.I. The molecule has 26 heavy (non-hydrogen) atoms. The number of hydrogen-bond acceptors (Lipinski definition) is 3. The van der Waals surface area contributed by atoms with E-state index in [9.17, 15) is 4.21 Å². The quantitative estimate of drug-likeness (QED) is 0.350. The Labute approximate surface area is 176 Å². The monoisotopic (exact) mass is 490 g/mol. The molecular formula is C19H31IN4OS. The van der Waals surface area contributed by atoms with Crippen molar-refractivity contribution in [1.29, 1.82) is 0 Å². The molecule has 0 spiro atoms. The first-order chi connectivity index (χ1) is 12.2. The van der Waals surface area contributed by atoms with Crippen molar-refractivity contribution in [3.05, 3.63) is 35.9 Å². The van der Waals surface area contributed by atoms with E-state index in [-0.39, 0.29) is 24.0 Å². The van der Waals surface area contributed by atoms with Crippen molar-refractivity contribution in [2.45, 2.75) is 43.5 Å². The number of nitrogens with one attached hydrogen (secondary N) is 2. The van der Waals surface area contributed by atoms with Gasteiger partial charge in [-0.05, 0) is 31.2 Å². The molecule has 5 nitrogen and oxygen atoms in total. The van der Waals surface area contributed by atoms with Gasteiger partial charge in [-0.3, -0.25) is 9.20 Å². The second kappa shape index (κ2) is 11.2. The fraction of sp³-hybridized carbons (Fsp3) is 0.632. The van der Waals surface area contributed by atoms with Gasteiger partial charge < -0.3 is 15.5 Å². The molecule has 3 rings (SSSR count). The van der Waals surface area contributed by atoms with Crippen LogP contribution in [0, 0.1) is 0 Å². The van der Waals surface area contributed by atoms with Crippen LogP contribution in [0.3, 0.4) is 0 Å².